The largest absolute Gasteiger partial charge is 0.510 e. The monoisotopic (exact) mass is 800 g/mol. The van der Waals surface area contributed by atoms with Gasteiger partial charge < -0.3 is 38.4 Å². The van der Waals surface area contributed by atoms with Crippen molar-refractivity contribution in [3.8, 4) is 0 Å². The molecule has 1 saturated heterocycles. The summed E-state index contributed by atoms with van der Waals surface area (Å²) in [4.78, 5) is 86.6. The smallest absolute Gasteiger partial charge is 0.457 e. The van der Waals surface area contributed by atoms with Crippen LogP contribution in [0.3, 0.4) is 0 Å². The summed E-state index contributed by atoms with van der Waals surface area (Å²) in [5.74, 6) is -2.09. The van der Waals surface area contributed by atoms with Crippen LogP contribution in [0.15, 0.2) is 10.5 Å². The Bertz CT molecular complexity index is 1590. The highest BCUT2D eigenvalue weighted by atomic mass is 32.1. The maximum absolute atomic E-state index is 13.9. The van der Waals surface area contributed by atoms with E-state index in [1.165, 1.54) is 12.3 Å². The standard InChI is InChI=1S/C34H56N6O12SSi/c1-19(35-28(44)51-32(5,6)7)49-30(46)47-16-21-24(26(43)40(21)54(14,15)34(11,12)13)37-25(42)23(39-48-17-22(41)50-31(2,3)4)20-18-53-27(36-20)38-29(45)52-33(8,9)10/h18-19,21,24H,16-17H2,1-15H3,(H,35,44)(H,37,42)(H,36,38,45)/t19?,21-,24+/m0/s1. The van der Waals surface area contributed by atoms with Crippen LogP contribution in [0.4, 0.5) is 19.5 Å². The first-order valence-electron chi connectivity index (χ1n) is 17.2. The molecule has 1 fully saturated rings. The van der Waals surface area contributed by atoms with E-state index in [1.807, 2.05) is 33.9 Å². The molecule has 3 N–H and O–H groups in total. The van der Waals surface area contributed by atoms with Crippen molar-refractivity contribution in [2.75, 3.05) is 18.5 Å². The Labute approximate surface area is 321 Å². The maximum atomic E-state index is 13.9. The molecule has 0 spiro atoms. The van der Waals surface area contributed by atoms with Crippen LogP contribution in [0.2, 0.25) is 18.1 Å². The second-order valence-electron chi connectivity index (χ2n) is 17.0. The van der Waals surface area contributed by atoms with Crippen LogP contribution in [0, 0.1) is 0 Å². The van der Waals surface area contributed by atoms with E-state index in [0.717, 1.165) is 11.3 Å². The lowest BCUT2D eigenvalue weighted by Crippen LogP contribution is -2.80. The summed E-state index contributed by atoms with van der Waals surface area (Å²) in [6.45, 7) is 25.4. The van der Waals surface area contributed by atoms with Gasteiger partial charge in [0.05, 0.1) is 6.04 Å². The molecule has 1 aromatic rings. The van der Waals surface area contributed by atoms with E-state index in [9.17, 15) is 28.8 Å². The summed E-state index contributed by atoms with van der Waals surface area (Å²) in [6.07, 6.45) is -3.84. The summed E-state index contributed by atoms with van der Waals surface area (Å²) >= 11 is 0.959. The molecule has 0 radical (unpaired) electrons. The first-order valence-corrected chi connectivity index (χ1v) is 21.1. The predicted octanol–water partition coefficient (Wildman–Crippen LogP) is 5.28. The van der Waals surface area contributed by atoms with Gasteiger partial charge in [-0.3, -0.25) is 20.2 Å². The van der Waals surface area contributed by atoms with Gasteiger partial charge in [-0.2, -0.15) is 0 Å². The van der Waals surface area contributed by atoms with Crippen LogP contribution in [-0.4, -0.2) is 108 Å². The van der Waals surface area contributed by atoms with Crippen molar-refractivity contribution in [3.63, 3.8) is 0 Å². The SMILES string of the molecule is CC(NC(=O)OC(C)(C)C)OC(=O)OC[C@H]1[C@@H](NC(=O)C(=NOCC(=O)OC(C)(C)C)c2csc(NC(=O)OC(C)(C)C)n2)C(=O)N1[Si](C)(C)C(C)(C)C. The number of alkyl carbamates (subject to hydrolysis) is 1. The van der Waals surface area contributed by atoms with Gasteiger partial charge in [-0.15, -0.1) is 11.3 Å². The molecule has 2 rings (SSSR count). The quantitative estimate of drug-likeness (QED) is 0.0467. The number of oxime groups is 1. The number of rotatable bonds is 12. The van der Waals surface area contributed by atoms with Crippen molar-refractivity contribution in [1.29, 1.82) is 0 Å². The first kappa shape index (κ1) is 45.7. The van der Waals surface area contributed by atoms with Gasteiger partial charge >= 0.3 is 24.3 Å². The Balaban J connectivity index is 2.35. The Morgan fingerprint density at radius 1 is 0.907 bits per heavy atom. The number of hydrogen-bond acceptors (Lipinski definition) is 15. The normalized spacial score (nSPS) is 17.4. The summed E-state index contributed by atoms with van der Waals surface area (Å²) in [5, 5.41) is 12.5. The van der Waals surface area contributed by atoms with Gasteiger partial charge in [0.15, 0.2) is 25.3 Å². The predicted molar refractivity (Wildman–Crippen MR) is 201 cm³/mol. The van der Waals surface area contributed by atoms with Gasteiger partial charge in [-0.05, 0) is 74.3 Å². The molecule has 2 heterocycles. The molecule has 1 aliphatic rings. The number of ether oxygens (including phenoxy) is 5. The molecule has 18 nitrogen and oxygen atoms in total. The number of carbonyl (C=O) groups excluding carboxylic acids is 6. The summed E-state index contributed by atoms with van der Waals surface area (Å²) < 4.78 is 27.9. The van der Waals surface area contributed by atoms with Gasteiger partial charge in [0.2, 0.25) is 12.5 Å². The number of aromatic nitrogens is 1. The molecule has 0 aromatic carbocycles. The lowest BCUT2D eigenvalue weighted by atomic mass is 9.99. The molecule has 0 bridgehead atoms. The van der Waals surface area contributed by atoms with Gasteiger partial charge in [0, 0.05) is 5.38 Å². The average molecular weight is 801 g/mol. The van der Waals surface area contributed by atoms with Gasteiger partial charge in [-0.25, -0.2) is 24.2 Å². The van der Waals surface area contributed by atoms with E-state index >= 15 is 0 Å². The second kappa shape index (κ2) is 17.3. The van der Waals surface area contributed by atoms with Crippen molar-refractivity contribution in [3.05, 3.63) is 11.1 Å². The number of thiazole rings is 1. The number of anilines is 1. The molecule has 0 saturated carbocycles. The number of nitrogens with one attached hydrogen (secondary N) is 3. The lowest BCUT2D eigenvalue weighted by Gasteiger charge is -2.57. The molecule has 304 valence electrons. The van der Waals surface area contributed by atoms with Crippen molar-refractivity contribution >= 4 is 66.5 Å². The zero-order chi connectivity index (χ0) is 41.6. The van der Waals surface area contributed by atoms with Crippen molar-refractivity contribution < 1.29 is 57.3 Å². The molecule has 3 atom stereocenters. The van der Waals surface area contributed by atoms with Crippen molar-refractivity contribution in [1.82, 2.24) is 20.2 Å². The number of β-lactam (4-membered cyclic amide) rings is 1. The Kier molecular flexibility index (Phi) is 14.7. The molecule has 1 aliphatic heterocycles. The van der Waals surface area contributed by atoms with Crippen molar-refractivity contribution in [2.45, 2.75) is 143 Å². The second-order valence-corrected chi connectivity index (χ2v) is 22.9. The zero-order valence-electron chi connectivity index (χ0n) is 33.9. The van der Waals surface area contributed by atoms with Crippen LogP contribution in [-0.2, 0) is 42.9 Å². The van der Waals surface area contributed by atoms with Crippen LogP contribution in [0.1, 0.15) is 95.7 Å². The fraction of sp³-hybridized carbons (Fsp3) is 0.706. The van der Waals surface area contributed by atoms with Crippen LogP contribution >= 0.6 is 11.3 Å². The Hall–Kier alpha value is -4.46. The van der Waals surface area contributed by atoms with E-state index in [0.29, 0.717) is 0 Å². The minimum Gasteiger partial charge on any atom is -0.457 e. The minimum atomic E-state index is -2.61. The number of nitrogens with zero attached hydrogens (tertiary/aromatic N) is 3. The average Bonchev–Trinajstić information content (AvgIpc) is 3.39. The first-order chi connectivity index (χ1) is 24.4. The molecule has 1 unspecified atom stereocenters. The highest BCUT2D eigenvalue weighted by Gasteiger charge is 2.58. The van der Waals surface area contributed by atoms with E-state index < -0.39 is 91.8 Å². The third kappa shape index (κ3) is 14.1. The molecule has 20 heteroatoms. The highest BCUT2D eigenvalue weighted by molar-refractivity contribution is 7.14. The molecular formula is C34H56N6O12SSi. The fourth-order valence-electron chi connectivity index (χ4n) is 4.53. The van der Waals surface area contributed by atoms with E-state index in [-0.39, 0.29) is 22.5 Å². The third-order valence-corrected chi connectivity index (χ3v) is 13.8. The van der Waals surface area contributed by atoms with Crippen LogP contribution < -0.4 is 16.0 Å². The van der Waals surface area contributed by atoms with E-state index in [2.05, 4.69) is 26.1 Å². The summed E-state index contributed by atoms with van der Waals surface area (Å²) in [6, 6.07) is -2.02. The Morgan fingerprint density at radius 3 is 2.00 bits per heavy atom. The highest BCUT2D eigenvalue weighted by Crippen LogP contribution is 2.43. The minimum absolute atomic E-state index is 0.0522. The van der Waals surface area contributed by atoms with Crippen LogP contribution in [0.5, 0.6) is 0 Å². The number of amides is 4. The fourth-order valence-corrected chi connectivity index (χ4v) is 7.67. The van der Waals surface area contributed by atoms with Crippen molar-refractivity contribution in [2.24, 2.45) is 5.16 Å². The topological polar surface area (TPSA) is 222 Å². The van der Waals surface area contributed by atoms with E-state index in [4.69, 9.17) is 28.5 Å². The molecule has 4 amide bonds. The lowest BCUT2D eigenvalue weighted by molar-refractivity contribution is -0.160. The molecule has 0 aliphatic carbocycles. The van der Waals surface area contributed by atoms with Gasteiger partial charge in [-0.1, -0.05) is 39.0 Å². The molecular weight excluding hydrogens is 745 g/mol. The number of esters is 1. The molecule has 1 aromatic heterocycles. The number of carbonyl (C=O) groups is 6. The Morgan fingerprint density at radius 2 is 1.46 bits per heavy atom. The van der Waals surface area contributed by atoms with E-state index in [1.54, 1.807) is 66.9 Å². The maximum Gasteiger partial charge on any atom is 0.510 e. The van der Waals surface area contributed by atoms with Gasteiger partial charge in [0.1, 0.15) is 35.1 Å². The van der Waals surface area contributed by atoms with Gasteiger partial charge in [0.25, 0.3) is 5.91 Å². The third-order valence-electron chi connectivity index (χ3n) is 7.64. The van der Waals surface area contributed by atoms with Crippen LogP contribution in [0.25, 0.3) is 0 Å². The zero-order valence-corrected chi connectivity index (χ0v) is 35.7. The molecule has 54 heavy (non-hydrogen) atoms. The summed E-state index contributed by atoms with van der Waals surface area (Å²) in [5.41, 5.74) is -2.85. The number of hydrogen-bond donors (Lipinski definition) is 3. The summed E-state index contributed by atoms with van der Waals surface area (Å²) in [7, 11) is -2.61.